The van der Waals surface area contributed by atoms with Crippen LogP contribution in [-0.2, 0) is 6.54 Å². The van der Waals surface area contributed by atoms with Crippen LogP contribution in [0.5, 0.6) is 0 Å². The van der Waals surface area contributed by atoms with E-state index in [-0.39, 0.29) is 0 Å². The zero-order chi connectivity index (χ0) is 11.5. The number of hydrogen-bond acceptors (Lipinski definition) is 5. The van der Waals surface area contributed by atoms with Crippen molar-refractivity contribution in [3.63, 3.8) is 0 Å². The molecule has 0 aromatic carbocycles. The fraction of sp³-hybridized carbons (Fsp3) is 0.500. The summed E-state index contributed by atoms with van der Waals surface area (Å²) >= 11 is 0. The zero-order valence-electron chi connectivity index (χ0n) is 9.51. The maximum absolute atomic E-state index is 5.70. The maximum atomic E-state index is 5.70. The van der Waals surface area contributed by atoms with Crippen molar-refractivity contribution in [2.75, 3.05) is 12.3 Å². The summed E-state index contributed by atoms with van der Waals surface area (Å²) in [7, 11) is 0. The van der Waals surface area contributed by atoms with Crippen molar-refractivity contribution in [2.45, 2.75) is 26.4 Å². The van der Waals surface area contributed by atoms with Gasteiger partial charge in [0.1, 0.15) is 11.8 Å². The van der Waals surface area contributed by atoms with Crippen molar-refractivity contribution in [2.24, 2.45) is 0 Å². The summed E-state index contributed by atoms with van der Waals surface area (Å²) in [5.41, 5.74) is 7.17. The predicted molar refractivity (Wildman–Crippen MR) is 62.9 cm³/mol. The lowest BCUT2D eigenvalue weighted by Gasteiger charge is -2.08. The summed E-state index contributed by atoms with van der Waals surface area (Å²) in [6.45, 7) is 5.94. The molecule has 0 aliphatic carbocycles. The first-order chi connectivity index (χ1) is 7.68. The number of nitrogens with zero attached hydrogens (tertiary/aromatic N) is 4. The third kappa shape index (κ3) is 2.11. The molecule has 0 saturated heterocycles. The third-order valence-corrected chi connectivity index (χ3v) is 2.33. The molecular formula is C10H16N6. The molecule has 2 rings (SSSR count). The van der Waals surface area contributed by atoms with Crippen LogP contribution in [0.3, 0.4) is 0 Å². The molecule has 86 valence electrons. The van der Waals surface area contributed by atoms with Gasteiger partial charge in [0.25, 0.3) is 0 Å². The number of nitrogen functional groups attached to an aromatic ring is 1. The molecule has 0 aliphatic heterocycles. The molecule has 2 aromatic heterocycles. The van der Waals surface area contributed by atoms with E-state index in [4.69, 9.17) is 5.73 Å². The minimum Gasteiger partial charge on any atom is -0.382 e. The molecule has 3 N–H and O–H groups in total. The van der Waals surface area contributed by atoms with Gasteiger partial charge in [-0.05, 0) is 0 Å². The molecule has 0 bridgehead atoms. The Morgan fingerprint density at radius 2 is 2.19 bits per heavy atom. The third-order valence-electron chi connectivity index (χ3n) is 2.33. The van der Waals surface area contributed by atoms with Crippen LogP contribution in [0.4, 0.5) is 5.82 Å². The quantitative estimate of drug-likeness (QED) is 0.779. The van der Waals surface area contributed by atoms with Gasteiger partial charge in [0.15, 0.2) is 11.5 Å². The van der Waals surface area contributed by atoms with Crippen LogP contribution in [0.1, 0.15) is 13.8 Å². The molecule has 2 aromatic rings. The maximum Gasteiger partial charge on any atom is 0.165 e. The highest BCUT2D eigenvalue weighted by molar-refractivity contribution is 5.80. The highest BCUT2D eigenvalue weighted by atomic mass is 15.1. The van der Waals surface area contributed by atoms with Crippen LogP contribution in [-0.4, -0.2) is 32.1 Å². The largest absolute Gasteiger partial charge is 0.382 e. The van der Waals surface area contributed by atoms with Gasteiger partial charge in [0.05, 0.1) is 6.33 Å². The second kappa shape index (κ2) is 4.44. The number of nitrogens with two attached hydrogens (primary N) is 1. The molecule has 0 aliphatic rings. The smallest absolute Gasteiger partial charge is 0.165 e. The monoisotopic (exact) mass is 220 g/mol. The van der Waals surface area contributed by atoms with E-state index in [0.29, 0.717) is 17.4 Å². The minimum absolute atomic E-state index is 0.431. The number of anilines is 1. The van der Waals surface area contributed by atoms with Crippen molar-refractivity contribution < 1.29 is 0 Å². The van der Waals surface area contributed by atoms with Gasteiger partial charge in [-0.25, -0.2) is 15.0 Å². The Hall–Kier alpha value is -1.69. The lowest BCUT2D eigenvalue weighted by molar-refractivity contribution is 0.545. The topological polar surface area (TPSA) is 81.7 Å². The van der Waals surface area contributed by atoms with E-state index in [1.807, 2.05) is 4.57 Å². The Labute approximate surface area is 93.9 Å². The van der Waals surface area contributed by atoms with Gasteiger partial charge in [0.2, 0.25) is 0 Å². The van der Waals surface area contributed by atoms with Crippen LogP contribution >= 0.6 is 0 Å². The average Bonchev–Trinajstić information content (AvgIpc) is 2.63. The lowest BCUT2D eigenvalue weighted by atomic mass is 10.4. The van der Waals surface area contributed by atoms with E-state index in [1.54, 1.807) is 6.33 Å². The van der Waals surface area contributed by atoms with Gasteiger partial charge >= 0.3 is 0 Å². The molecule has 16 heavy (non-hydrogen) atoms. The average molecular weight is 220 g/mol. The van der Waals surface area contributed by atoms with E-state index in [1.165, 1.54) is 6.33 Å². The van der Waals surface area contributed by atoms with Crippen LogP contribution in [0.15, 0.2) is 12.7 Å². The van der Waals surface area contributed by atoms with Crippen LogP contribution in [0, 0.1) is 0 Å². The summed E-state index contributed by atoms with van der Waals surface area (Å²) in [5.74, 6) is 0.431. The molecule has 6 nitrogen and oxygen atoms in total. The first-order valence-electron chi connectivity index (χ1n) is 5.33. The van der Waals surface area contributed by atoms with Crippen LogP contribution in [0.2, 0.25) is 0 Å². The van der Waals surface area contributed by atoms with Gasteiger partial charge in [-0.1, -0.05) is 13.8 Å². The second-order valence-corrected chi connectivity index (χ2v) is 3.98. The summed E-state index contributed by atoms with van der Waals surface area (Å²) < 4.78 is 1.97. The first-order valence-corrected chi connectivity index (χ1v) is 5.33. The van der Waals surface area contributed by atoms with E-state index in [0.717, 1.165) is 18.7 Å². The van der Waals surface area contributed by atoms with Gasteiger partial charge < -0.3 is 15.6 Å². The molecular weight excluding hydrogens is 204 g/mol. The fourth-order valence-electron chi connectivity index (χ4n) is 1.54. The molecule has 0 spiro atoms. The van der Waals surface area contributed by atoms with Gasteiger partial charge in [-0.15, -0.1) is 0 Å². The van der Waals surface area contributed by atoms with Gasteiger partial charge in [-0.3, -0.25) is 0 Å². The zero-order valence-corrected chi connectivity index (χ0v) is 9.51. The minimum atomic E-state index is 0.431. The molecule has 0 atom stereocenters. The van der Waals surface area contributed by atoms with Gasteiger partial charge in [0, 0.05) is 19.1 Å². The molecule has 0 saturated carbocycles. The van der Waals surface area contributed by atoms with Crippen molar-refractivity contribution in [3.05, 3.63) is 12.7 Å². The molecule has 0 fully saturated rings. The Balaban J connectivity index is 2.16. The summed E-state index contributed by atoms with van der Waals surface area (Å²) in [4.78, 5) is 12.3. The number of imidazole rings is 1. The Kier molecular flexibility index (Phi) is 3.00. The summed E-state index contributed by atoms with van der Waals surface area (Å²) in [5, 5.41) is 3.34. The van der Waals surface area contributed by atoms with E-state index < -0.39 is 0 Å². The number of aromatic nitrogens is 4. The number of hydrogen-bond donors (Lipinski definition) is 2. The second-order valence-electron chi connectivity index (χ2n) is 3.98. The molecule has 2 heterocycles. The SMILES string of the molecule is CC(C)NCCn1cnc2c(N)ncnc21. The highest BCUT2D eigenvalue weighted by Gasteiger charge is 2.06. The van der Waals surface area contributed by atoms with Crippen LogP contribution in [0.25, 0.3) is 11.2 Å². The van der Waals surface area contributed by atoms with E-state index in [2.05, 4.69) is 34.1 Å². The molecule has 6 heteroatoms. The number of nitrogens with one attached hydrogen (secondary N) is 1. The molecule has 0 unspecified atom stereocenters. The summed E-state index contributed by atoms with van der Waals surface area (Å²) in [6.07, 6.45) is 3.21. The predicted octanol–water partition coefficient (Wildman–Crippen LogP) is 0.406. The number of fused-ring (bicyclic) bond motifs is 1. The summed E-state index contributed by atoms with van der Waals surface area (Å²) in [6, 6.07) is 0.481. The van der Waals surface area contributed by atoms with Crippen molar-refractivity contribution >= 4 is 17.0 Å². The van der Waals surface area contributed by atoms with Crippen molar-refractivity contribution in [3.8, 4) is 0 Å². The van der Waals surface area contributed by atoms with Crippen molar-refractivity contribution in [1.82, 2.24) is 24.8 Å². The Morgan fingerprint density at radius 1 is 1.38 bits per heavy atom. The lowest BCUT2D eigenvalue weighted by Crippen LogP contribution is -2.26. The highest BCUT2D eigenvalue weighted by Crippen LogP contribution is 2.13. The van der Waals surface area contributed by atoms with E-state index >= 15 is 0 Å². The molecule has 0 radical (unpaired) electrons. The Bertz CT molecular complexity index is 475. The first kappa shape index (κ1) is 10.8. The molecule has 0 amide bonds. The number of rotatable bonds is 4. The van der Waals surface area contributed by atoms with Gasteiger partial charge in [-0.2, -0.15) is 0 Å². The Morgan fingerprint density at radius 3 is 2.94 bits per heavy atom. The normalized spacial score (nSPS) is 11.4. The van der Waals surface area contributed by atoms with E-state index in [9.17, 15) is 0 Å². The standard InChI is InChI=1S/C10H16N6/c1-7(2)12-3-4-16-6-15-8-9(11)13-5-14-10(8)16/h5-7,12H,3-4H2,1-2H3,(H2,11,13,14). The fourth-order valence-corrected chi connectivity index (χ4v) is 1.54. The van der Waals surface area contributed by atoms with Crippen LogP contribution < -0.4 is 11.1 Å². The van der Waals surface area contributed by atoms with Crippen molar-refractivity contribution in [1.29, 1.82) is 0 Å².